The molecule has 13 heavy (non-hydrogen) atoms. The minimum atomic E-state index is 0.349. The van der Waals surface area contributed by atoms with E-state index in [1.807, 2.05) is 0 Å². The standard InChI is InChI=1S/C12H24O/c1-5-6-12(9-11(4)13)8-7-10(2)3/h10,12H,5-9H2,1-4H3. The molecular weight excluding hydrogens is 160 g/mol. The minimum absolute atomic E-state index is 0.349. The fourth-order valence-electron chi connectivity index (χ4n) is 1.73. The van der Waals surface area contributed by atoms with E-state index in [0.29, 0.717) is 11.7 Å². The second-order valence-electron chi connectivity index (χ2n) is 4.53. The monoisotopic (exact) mass is 184 g/mol. The number of Topliss-reactive ketones (excluding diaryl/α,β-unsaturated/α-hetero) is 1. The molecule has 0 heterocycles. The highest BCUT2D eigenvalue weighted by Gasteiger charge is 2.10. The van der Waals surface area contributed by atoms with Gasteiger partial charge in [0.15, 0.2) is 0 Å². The van der Waals surface area contributed by atoms with E-state index in [4.69, 9.17) is 0 Å². The van der Waals surface area contributed by atoms with Crippen LogP contribution in [-0.4, -0.2) is 5.78 Å². The van der Waals surface area contributed by atoms with Gasteiger partial charge in [0.05, 0.1) is 0 Å². The smallest absolute Gasteiger partial charge is 0.130 e. The predicted molar refractivity (Wildman–Crippen MR) is 57.8 cm³/mol. The molecule has 1 nitrogen and oxygen atoms in total. The molecule has 0 fully saturated rings. The van der Waals surface area contributed by atoms with Crippen LogP contribution in [0.4, 0.5) is 0 Å². The summed E-state index contributed by atoms with van der Waals surface area (Å²) < 4.78 is 0. The van der Waals surface area contributed by atoms with Crippen LogP contribution < -0.4 is 0 Å². The number of carbonyl (C=O) groups is 1. The minimum Gasteiger partial charge on any atom is -0.300 e. The first-order valence-corrected chi connectivity index (χ1v) is 5.55. The molecule has 0 radical (unpaired) electrons. The van der Waals surface area contributed by atoms with Gasteiger partial charge in [0.2, 0.25) is 0 Å². The number of hydrogen-bond donors (Lipinski definition) is 0. The fraction of sp³-hybridized carbons (Fsp3) is 0.917. The Labute approximate surface area is 82.9 Å². The van der Waals surface area contributed by atoms with Gasteiger partial charge in [0.1, 0.15) is 5.78 Å². The summed E-state index contributed by atoms with van der Waals surface area (Å²) in [4.78, 5) is 11.0. The van der Waals surface area contributed by atoms with Crippen molar-refractivity contribution < 1.29 is 4.79 Å². The number of hydrogen-bond acceptors (Lipinski definition) is 1. The Morgan fingerprint density at radius 2 is 1.77 bits per heavy atom. The maximum absolute atomic E-state index is 11.0. The summed E-state index contributed by atoms with van der Waals surface area (Å²) in [6.45, 7) is 8.40. The van der Waals surface area contributed by atoms with Crippen molar-refractivity contribution in [2.24, 2.45) is 11.8 Å². The summed E-state index contributed by atoms with van der Waals surface area (Å²) >= 11 is 0. The highest BCUT2D eigenvalue weighted by atomic mass is 16.1. The SMILES string of the molecule is CCCC(CCC(C)C)CC(C)=O. The lowest BCUT2D eigenvalue weighted by atomic mass is 9.90. The third-order valence-corrected chi connectivity index (χ3v) is 2.43. The summed E-state index contributed by atoms with van der Waals surface area (Å²) in [6.07, 6.45) is 5.70. The van der Waals surface area contributed by atoms with Gasteiger partial charge in [-0.15, -0.1) is 0 Å². The lowest BCUT2D eigenvalue weighted by Crippen LogP contribution is -2.07. The molecule has 0 aliphatic carbocycles. The lowest BCUT2D eigenvalue weighted by Gasteiger charge is -2.15. The van der Waals surface area contributed by atoms with Crippen molar-refractivity contribution in [2.75, 3.05) is 0 Å². The Morgan fingerprint density at radius 3 is 2.15 bits per heavy atom. The zero-order valence-electron chi connectivity index (χ0n) is 9.60. The Kier molecular flexibility index (Phi) is 6.93. The average molecular weight is 184 g/mol. The molecule has 0 aromatic carbocycles. The van der Waals surface area contributed by atoms with Gasteiger partial charge in [-0.05, 0) is 25.2 Å². The Balaban J connectivity index is 3.72. The maximum atomic E-state index is 11.0. The number of rotatable bonds is 7. The van der Waals surface area contributed by atoms with Crippen molar-refractivity contribution in [3.05, 3.63) is 0 Å². The molecule has 0 N–H and O–H groups in total. The van der Waals surface area contributed by atoms with Gasteiger partial charge in [-0.1, -0.05) is 40.0 Å². The van der Waals surface area contributed by atoms with Gasteiger partial charge < -0.3 is 4.79 Å². The first-order chi connectivity index (χ1) is 6.06. The van der Waals surface area contributed by atoms with Crippen molar-refractivity contribution in [1.82, 2.24) is 0 Å². The molecule has 0 aliphatic rings. The summed E-state index contributed by atoms with van der Waals surface area (Å²) in [5, 5.41) is 0. The number of carbonyl (C=O) groups excluding carboxylic acids is 1. The topological polar surface area (TPSA) is 17.1 Å². The second kappa shape index (κ2) is 7.11. The van der Waals surface area contributed by atoms with Crippen LogP contribution in [0, 0.1) is 11.8 Å². The zero-order chi connectivity index (χ0) is 10.3. The van der Waals surface area contributed by atoms with Crippen LogP contribution in [-0.2, 0) is 4.79 Å². The van der Waals surface area contributed by atoms with E-state index >= 15 is 0 Å². The average Bonchev–Trinajstić information content (AvgIpc) is 1.99. The molecule has 0 aliphatic heterocycles. The van der Waals surface area contributed by atoms with E-state index in [0.717, 1.165) is 12.3 Å². The fourth-order valence-corrected chi connectivity index (χ4v) is 1.73. The molecule has 0 aromatic rings. The molecule has 0 amide bonds. The largest absolute Gasteiger partial charge is 0.300 e. The first-order valence-electron chi connectivity index (χ1n) is 5.55. The van der Waals surface area contributed by atoms with Crippen LogP contribution >= 0.6 is 0 Å². The summed E-state index contributed by atoms with van der Waals surface area (Å²) in [5.74, 6) is 1.76. The molecule has 0 saturated carbocycles. The van der Waals surface area contributed by atoms with Crippen LogP contribution in [0.1, 0.15) is 59.8 Å². The third-order valence-electron chi connectivity index (χ3n) is 2.43. The molecule has 0 saturated heterocycles. The molecular formula is C12H24O. The molecule has 0 rings (SSSR count). The highest BCUT2D eigenvalue weighted by Crippen LogP contribution is 2.20. The zero-order valence-corrected chi connectivity index (χ0v) is 9.60. The van der Waals surface area contributed by atoms with E-state index in [2.05, 4.69) is 20.8 Å². The van der Waals surface area contributed by atoms with Crippen molar-refractivity contribution in [3.8, 4) is 0 Å². The summed E-state index contributed by atoms with van der Waals surface area (Å²) in [7, 11) is 0. The van der Waals surface area contributed by atoms with Crippen molar-refractivity contribution >= 4 is 5.78 Å². The normalized spacial score (nSPS) is 13.3. The Hall–Kier alpha value is -0.330. The van der Waals surface area contributed by atoms with Crippen LogP contribution in [0.5, 0.6) is 0 Å². The molecule has 0 spiro atoms. The van der Waals surface area contributed by atoms with Crippen LogP contribution in [0.15, 0.2) is 0 Å². The van der Waals surface area contributed by atoms with Crippen LogP contribution in [0.25, 0.3) is 0 Å². The van der Waals surface area contributed by atoms with E-state index in [9.17, 15) is 4.79 Å². The van der Waals surface area contributed by atoms with Gasteiger partial charge >= 0.3 is 0 Å². The van der Waals surface area contributed by atoms with Crippen LogP contribution in [0.2, 0.25) is 0 Å². The predicted octanol–water partition coefficient (Wildman–Crippen LogP) is 3.82. The van der Waals surface area contributed by atoms with Crippen LogP contribution in [0.3, 0.4) is 0 Å². The first kappa shape index (κ1) is 12.7. The molecule has 1 unspecified atom stereocenters. The van der Waals surface area contributed by atoms with E-state index in [1.165, 1.54) is 25.7 Å². The van der Waals surface area contributed by atoms with E-state index in [-0.39, 0.29) is 0 Å². The van der Waals surface area contributed by atoms with Crippen molar-refractivity contribution in [3.63, 3.8) is 0 Å². The number of ketones is 1. The second-order valence-corrected chi connectivity index (χ2v) is 4.53. The molecule has 78 valence electrons. The molecule has 0 aromatic heterocycles. The quantitative estimate of drug-likeness (QED) is 0.588. The van der Waals surface area contributed by atoms with Gasteiger partial charge in [0.25, 0.3) is 0 Å². The Morgan fingerprint density at radius 1 is 1.15 bits per heavy atom. The maximum Gasteiger partial charge on any atom is 0.130 e. The third kappa shape index (κ3) is 8.01. The van der Waals surface area contributed by atoms with Crippen molar-refractivity contribution in [2.45, 2.75) is 59.8 Å². The highest BCUT2D eigenvalue weighted by molar-refractivity contribution is 5.75. The van der Waals surface area contributed by atoms with Gasteiger partial charge in [-0.25, -0.2) is 0 Å². The Bertz CT molecular complexity index is 138. The molecule has 1 heteroatoms. The van der Waals surface area contributed by atoms with E-state index in [1.54, 1.807) is 6.92 Å². The molecule has 0 bridgehead atoms. The summed E-state index contributed by atoms with van der Waals surface area (Å²) in [6, 6.07) is 0. The molecule has 1 atom stereocenters. The van der Waals surface area contributed by atoms with Crippen molar-refractivity contribution in [1.29, 1.82) is 0 Å². The lowest BCUT2D eigenvalue weighted by molar-refractivity contribution is -0.118. The van der Waals surface area contributed by atoms with Gasteiger partial charge in [-0.2, -0.15) is 0 Å². The summed E-state index contributed by atoms with van der Waals surface area (Å²) in [5.41, 5.74) is 0. The van der Waals surface area contributed by atoms with Gasteiger partial charge in [0, 0.05) is 6.42 Å². The van der Waals surface area contributed by atoms with Gasteiger partial charge in [-0.3, -0.25) is 0 Å². The van der Waals surface area contributed by atoms with E-state index < -0.39 is 0 Å².